The fourth-order valence-corrected chi connectivity index (χ4v) is 2.16. The Labute approximate surface area is 119 Å². The Morgan fingerprint density at radius 3 is 2.58 bits per heavy atom. The molecule has 0 saturated carbocycles. The summed E-state index contributed by atoms with van der Waals surface area (Å²) in [4.78, 5) is 12.1. The van der Waals surface area contributed by atoms with Gasteiger partial charge in [-0.05, 0) is 65.7 Å². The third-order valence-electron chi connectivity index (χ3n) is 2.78. The van der Waals surface area contributed by atoms with Crippen LogP contribution in [0.2, 0.25) is 0 Å². The highest BCUT2D eigenvalue weighted by atomic mass is 79.9. The van der Waals surface area contributed by atoms with E-state index in [1.54, 1.807) is 25.1 Å². The van der Waals surface area contributed by atoms with Gasteiger partial charge >= 0.3 is 0 Å². The van der Waals surface area contributed by atoms with Gasteiger partial charge in [-0.1, -0.05) is 11.6 Å². The zero-order valence-corrected chi connectivity index (χ0v) is 12.2. The number of nitrogens with one attached hydrogen (secondary N) is 1. The van der Waals surface area contributed by atoms with Crippen LogP contribution >= 0.6 is 15.9 Å². The molecule has 4 heteroatoms. The first-order chi connectivity index (χ1) is 8.97. The van der Waals surface area contributed by atoms with E-state index >= 15 is 0 Å². The molecule has 98 valence electrons. The van der Waals surface area contributed by atoms with E-state index in [4.69, 9.17) is 0 Å². The Morgan fingerprint density at radius 2 is 1.89 bits per heavy atom. The van der Waals surface area contributed by atoms with Gasteiger partial charge < -0.3 is 5.32 Å². The van der Waals surface area contributed by atoms with Crippen molar-refractivity contribution in [3.05, 3.63) is 63.4 Å². The highest BCUT2D eigenvalue weighted by molar-refractivity contribution is 9.10. The molecule has 2 nitrogen and oxygen atoms in total. The number of anilines is 1. The lowest BCUT2D eigenvalue weighted by atomic mass is 10.1. The van der Waals surface area contributed by atoms with Crippen molar-refractivity contribution in [2.45, 2.75) is 13.8 Å². The van der Waals surface area contributed by atoms with Crippen molar-refractivity contribution >= 4 is 27.5 Å². The molecule has 0 aliphatic heterocycles. The van der Waals surface area contributed by atoms with Crippen molar-refractivity contribution in [2.24, 2.45) is 0 Å². The number of carbonyl (C=O) groups is 1. The number of rotatable bonds is 2. The van der Waals surface area contributed by atoms with Gasteiger partial charge in [-0.25, -0.2) is 4.39 Å². The highest BCUT2D eigenvalue weighted by Crippen LogP contribution is 2.20. The molecule has 19 heavy (non-hydrogen) atoms. The predicted molar refractivity (Wildman–Crippen MR) is 78.0 cm³/mol. The highest BCUT2D eigenvalue weighted by Gasteiger charge is 2.11. The van der Waals surface area contributed by atoms with Crippen molar-refractivity contribution in [3.8, 4) is 0 Å². The lowest BCUT2D eigenvalue weighted by molar-refractivity contribution is 0.102. The topological polar surface area (TPSA) is 29.1 Å². The van der Waals surface area contributed by atoms with Crippen LogP contribution in [0, 0.1) is 19.7 Å². The van der Waals surface area contributed by atoms with E-state index in [1.807, 2.05) is 19.1 Å². The van der Waals surface area contributed by atoms with Crippen LogP contribution in [-0.2, 0) is 0 Å². The minimum atomic E-state index is -0.283. The first kappa shape index (κ1) is 13.7. The van der Waals surface area contributed by atoms with Gasteiger partial charge in [0.15, 0.2) is 0 Å². The van der Waals surface area contributed by atoms with Gasteiger partial charge in [0.1, 0.15) is 5.82 Å². The third-order valence-corrected chi connectivity index (χ3v) is 3.47. The fraction of sp³-hybridized carbons (Fsp3) is 0.133. The normalized spacial score (nSPS) is 10.3. The van der Waals surface area contributed by atoms with E-state index in [-0.39, 0.29) is 11.7 Å². The molecule has 0 spiro atoms. The lowest BCUT2D eigenvalue weighted by Crippen LogP contribution is -2.13. The van der Waals surface area contributed by atoms with Crippen LogP contribution in [0.15, 0.2) is 40.9 Å². The van der Waals surface area contributed by atoms with Gasteiger partial charge in [-0.3, -0.25) is 4.79 Å². The Bertz CT molecular complexity index is 640. The predicted octanol–water partition coefficient (Wildman–Crippen LogP) is 4.46. The van der Waals surface area contributed by atoms with E-state index < -0.39 is 0 Å². The summed E-state index contributed by atoms with van der Waals surface area (Å²) in [6, 6.07) is 10.1. The van der Waals surface area contributed by atoms with Gasteiger partial charge in [-0.15, -0.1) is 0 Å². The number of hydrogen-bond acceptors (Lipinski definition) is 1. The van der Waals surface area contributed by atoms with E-state index in [2.05, 4.69) is 21.2 Å². The number of hydrogen-bond donors (Lipinski definition) is 1. The van der Waals surface area contributed by atoms with Gasteiger partial charge in [-0.2, -0.15) is 0 Å². The standard InChI is InChI=1S/C15H13BrFNO/c1-9-3-5-13(16)12(7-9)15(19)18-11-4-6-14(17)10(2)8-11/h3-8H,1-2H3,(H,18,19). The molecule has 0 heterocycles. The largest absolute Gasteiger partial charge is 0.322 e. The summed E-state index contributed by atoms with van der Waals surface area (Å²) in [5.74, 6) is -0.503. The Morgan fingerprint density at radius 1 is 1.16 bits per heavy atom. The smallest absolute Gasteiger partial charge is 0.256 e. The average Bonchev–Trinajstić information content (AvgIpc) is 2.36. The average molecular weight is 322 g/mol. The molecular weight excluding hydrogens is 309 g/mol. The van der Waals surface area contributed by atoms with Gasteiger partial charge in [0.05, 0.1) is 5.56 Å². The molecule has 0 aliphatic rings. The molecule has 1 amide bonds. The summed E-state index contributed by atoms with van der Waals surface area (Å²) < 4.78 is 13.9. The van der Waals surface area contributed by atoms with Crippen LogP contribution in [0.3, 0.4) is 0 Å². The number of halogens is 2. The van der Waals surface area contributed by atoms with Gasteiger partial charge in [0.25, 0.3) is 5.91 Å². The monoisotopic (exact) mass is 321 g/mol. The maximum atomic E-state index is 13.2. The summed E-state index contributed by atoms with van der Waals surface area (Å²) in [7, 11) is 0. The molecule has 0 atom stereocenters. The molecule has 2 aromatic rings. The molecule has 2 aromatic carbocycles. The molecule has 1 N–H and O–H groups in total. The number of amides is 1. The second-order valence-electron chi connectivity index (χ2n) is 4.40. The van der Waals surface area contributed by atoms with E-state index in [0.717, 1.165) is 10.0 Å². The molecule has 0 aliphatic carbocycles. The summed E-state index contributed by atoms with van der Waals surface area (Å²) in [5.41, 5.74) is 2.64. The SMILES string of the molecule is Cc1ccc(Br)c(C(=O)Nc2ccc(F)c(C)c2)c1. The molecule has 2 rings (SSSR count). The summed E-state index contributed by atoms with van der Waals surface area (Å²) in [6.07, 6.45) is 0. The quantitative estimate of drug-likeness (QED) is 0.869. The van der Waals surface area contributed by atoms with Crippen LogP contribution in [0.5, 0.6) is 0 Å². The zero-order chi connectivity index (χ0) is 14.0. The first-order valence-electron chi connectivity index (χ1n) is 5.81. The van der Waals surface area contributed by atoms with Gasteiger partial charge in [0, 0.05) is 10.2 Å². The minimum Gasteiger partial charge on any atom is -0.322 e. The minimum absolute atomic E-state index is 0.221. The Kier molecular flexibility index (Phi) is 4.00. The molecule has 0 radical (unpaired) electrons. The molecule has 0 fully saturated rings. The van der Waals surface area contributed by atoms with Crippen LogP contribution in [0.25, 0.3) is 0 Å². The summed E-state index contributed by atoms with van der Waals surface area (Å²) in [5, 5.41) is 2.76. The zero-order valence-electron chi connectivity index (χ0n) is 10.6. The molecule has 0 aromatic heterocycles. The second-order valence-corrected chi connectivity index (χ2v) is 5.26. The van der Waals surface area contributed by atoms with Crippen molar-refractivity contribution in [1.82, 2.24) is 0 Å². The fourth-order valence-electron chi connectivity index (χ4n) is 1.73. The molecule has 0 saturated heterocycles. The summed E-state index contributed by atoms with van der Waals surface area (Å²) in [6.45, 7) is 3.58. The number of benzene rings is 2. The van der Waals surface area contributed by atoms with Crippen molar-refractivity contribution in [2.75, 3.05) is 5.32 Å². The Balaban J connectivity index is 2.25. The van der Waals surface area contributed by atoms with Crippen molar-refractivity contribution in [3.63, 3.8) is 0 Å². The second kappa shape index (κ2) is 5.53. The van der Waals surface area contributed by atoms with E-state index in [1.165, 1.54) is 6.07 Å². The number of aryl methyl sites for hydroxylation is 2. The van der Waals surface area contributed by atoms with Crippen LogP contribution in [-0.4, -0.2) is 5.91 Å². The Hall–Kier alpha value is -1.68. The molecule has 0 bridgehead atoms. The number of carbonyl (C=O) groups excluding carboxylic acids is 1. The molecular formula is C15H13BrFNO. The van der Waals surface area contributed by atoms with Crippen LogP contribution in [0.1, 0.15) is 21.5 Å². The lowest BCUT2D eigenvalue weighted by Gasteiger charge is -2.08. The molecule has 0 unspecified atom stereocenters. The van der Waals surface area contributed by atoms with Crippen molar-refractivity contribution < 1.29 is 9.18 Å². The third kappa shape index (κ3) is 3.20. The van der Waals surface area contributed by atoms with Crippen LogP contribution < -0.4 is 5.32 Å². The summed E-state index contributed by atoms with van der Waals surface area (Å²) >= 11 is 3.35. The first-order valence-corrected chi connectivity index (χ1v) is 6.60. The maximum Gasteiger partial charge on any atom is 0.256 e. The maximum absolute atomic E-state index is 13.2. The van der Waals surface area contributed by atoms with Gasteiger partial charge in [0.2, 0.25) is 0 Å². The van der Waals surface area contributed by atoms with E-state index in [9.17, 15) is 9.18 Å². The van der Waals surface area contributed by atoms with Crippen molar-refractivity contribution in [1.29, 1.82) is 0 Å². The van der Waals surface area contributed by atoms with Crippen LogP contribution in [0.4, 0.5) is 10.1 Å². The van der Waals surface area contributed by atoms with E-state index in [0.29, 0.717) is 16.8 Å².